The van der Waals surface area contributed by atoms with Crippen LogP contribution in [0.1, 0.15) is 29.3 Å². The number of carbonyl (C=O) groups is 3. The summed E-state index contributed by atoms with van der Waals surface area (Å²) in [5.41, 5.74) is -1.07. The van der Waals surface area contributed by atoms with Gasteiger partial charge in [0.15, 0.2) is 11.2 Å². The monoisotopic (exact) mass is 374 g/mol. The third-order valence-corrected chi connectivity index (χ3v) is 4.30. The minimum absolute atomic E-state index is 0.0256. The van der Waals surface area contributed by atoms with Gasteiger partial charge in [0.25, 0.3) is 0 Å². The first-order valence-corrected chi connectivity index (χ1v) is 8.50. The highest BCUT2D eigenvalue weighted by Gasteiger charge is 2.49. The Bertz CT molecular complexity index is 786. The van der Waals surface area contributed by atoms with Crippen LogP contribution < -0.4 is 0 Å². The lowest BCUT2D eigenvalue weighted by Crippen LogP contribution is -2.44. The lowest BCUT2D eigenvalue weighted by Gasteiger charge is -2.26. The Morgan fingerprint density at radius 2 is 1.65 bits per heavy atom. The van der Waals surface area contributed by atoms with Crippen molar-refractivity contribution in [1.29, 1.82) is 0 Å². The van der Waals surface area contributed by atoms with E-state index >= 15 is 0 Å². The SMILES string of the molecule is CCOC(=O)[C@](CC(=O)c1ccc(Cl)cc1)(Cc1ccccc1)C(=O)O. The summed E-state index contributed by atoms with van der Waals surface area (Å²) in [7, 11) is 0. The molecule has 0 fully saturated rings. The summed E-state index contributed by atoms with van der Waals surface area (Å²) in [6.45, 7) is 1.62. The van der Waals surface area contributed by atoms with E-state index in [1.54, 1.807) is 49.4 Å². The molecule has 0 aliphatic heterocycles. The smallest absolute Gasteiger partial charge is 0.324 e. The second-order valence-corrected chi connectivity index (χ2v) is 6.31. The van der Waals surface area contributed by atoms with E-state index in [2.05, 4.69) is 0 Å². The third-order valence-electron chi connectivity index (χ3n) is 4.05. The molecule has 0 heterocycles. The number of hydrogen-bond donors (Lipinski definition) is 1. The highest BCUT2D eigenvalue weighted by molar-refractivity contribution is 6.30. The zero-order valence-electron chi connectivity index (χ0n) is 14.3. The minimum Gasteiger partial charge on any atom is -0.480 e. The van der Waals surface area contributed by atoms with Crippen molar-refractivity contribution in [2.75, 3.05) is 6.61 Å². The molecule has 5 nitrogen and oxygen atoms in total. The van der Waals surface area contributed by atoms with Gasteiger partial charge in [-0.15, -0.1) is 0 Å². The molecule has 26 heavy (non-hydrogen) atoms. The van der Waals surface area contributed by atoms with Gasteiger partial charge in [0.2, 0.25) is 0 Å². The van der Waals surface area contributed by atoms with Crippen molar-refractivity contribution in [2.24, 2.45) is 5.41 Å². The Balaban J connectivity index is 2.40. The first kappa shape index (κ1) is 19.7. The number of carboxylic acids is 1. The molecule has 0 aromatic heterocycles. The van der Waals surface area contributed by atoms with Crippen LogP contribution in [0.25, 0.3) is 0 Å². The maximum atomic E-state index is 12.7. The predicted molar refractivity (Wildman–Crippen MR) is 97.2 cm³/mol. The highest BCUT2D eigenvalue weighted by Crippen LogP contribution is 2.32. The van der Waals surface area contributed by atoms with Gasteiger partial charge in [-0.05, 0) is 43.2 Å². The Hall–Kier alpha value is -2.66. The molecule has 0 saturated heterocycles. The molecule has 2 aromatic carbocycles. The van der Waals surface area contributed by atoms with Gasteiger partial charge < -0.3 is 9.84 Å². The van der Waals surface area contributed by atoms with Crippen molar-refractivity contribution in [3.8, 4) is 0 Å². The van der Waals surface area contributed by atoms with Crippen LogP contribution in [0.3, 0.4) is 0 Å². The van der Waals surface area contributed by atoms with Gasteiger partial charge in [-0.2, -0.15) is 0 Å². The molecule has 0 unspecified atom stereocenters. The molecule has 0 radical (unpaired) electrons. The van der Waals surface area contributed by atoms with Crippen molar-refractivity contribution in [1.82, 2.24) is 0 Å². The van der Waals surface area contributed by atoms with Crippen LogP contribution in [0.2, 0.25) is 5.02 Å². The largest absolute Gasteiger partial charge is 0.480 e. The molecule has 0 bridgehead atoms. The Morgan fingerprint density at radius 3 is 2.19 bits per heavy atom. The third kappa shape index (κ3) is 4.49. The number of halogens is 1. The van der Waals surface area contributed by atoms with Gasteiger partial charge in [-0.1, -0.05) is 41.9 Å². The number of ether oxygens (including phenoxy) is 1. The van der Waals surface area contributed by atoms with Gasteiger partial charge in [-0.25, -0.2) is 0 Å². The second kappa shape index (κ2) is 8.63. The zero-order chi connectivity index (χ0) is 19.2. The molecule has 0 spiro atoms. The van der Waals surface area contributed by atoms with Gasteiger partial charge in [0, 0.05) is 17.0 Å². The van der Waals surface area contributed by atoms with Crippen molar-refractivity contribution >= 4 is 29.3 Å². The molecule has 0 saturated carbocycles. The van der Waals surface area contributed by atoms with E-state index in [1.165, 1.54) is 12.1 Å². The number of carboxylic acid groups (broad SMARTS) is 1. The normalized spacial score (nSPS) is 12.8. The number of hydrogen-bond acceptors (Lipinski definition) is 4. The average Bonchev–Trinajstić information content (AvgIpc) is 2.62. The molecule has 2 rings (SSSR count). The summed E-state index contributed by atoms with van der Waals surface area (Å²) in [5.74, 6) is -2.77. The fraction of sp³-hybridized carbons (Fsp3) is 0.250. The maximum Gasteiger partial charge on any atom is 0.324 e. The van der Waals surface area contributed by atoms with E-state index in [9.17, 15) is 19.5 Å². The van der Waals surface area contributed by atoms with Gasteiger partial charge in [0.1, 0.15) is 0 Å². The summed E-state index contributed by atoms with van der Waals surface area (Å²) in [6, 6.07) is 14.8. The second-order valence-electron chi connectivity index (χ2n) is 5.88. The number of esters is 1. The summed E-state index contributed by atoms with van der Waals surface area (Å²) in [5, 5.41) is 10.3. The molecule has 1 atom stereocenters. The predicted octanol–water partition coefficient (Wildman–Crippen LogP) is 3.79. The number of ketones is 1. The average molecular weight is 375 g/mol. The Morgan fingerprint density at radius 1 is 1.04 bits per heavy atom. The van der Waals surface area contributed by atoms with Crippen LogP contribution in [0.5, 0.6) is 0 Å². The van der Waals surface area contributed by atoms with Crippen LogP contribution in [-0.4, -0.2) is 29.4 Å². The molecule has 2 aromatic rings. The Kier molecular flexibility index (Phi) is 6.52. The number of Topliss-reactive ketones (excluding diaryl/α,β-unsaturated/α-hetero) is 1. The molecule has 0 amide bonds. The first-order valence-electron chi connectivity index (χ1n) is 8.12. The summed E-state index contributed by atoms with van der Waals surface area (Å²) in [4.78, 5) is 37.3. The molecule has 0 aliphatic rings. The van der Waals surface area contributed by atoms with Crippen LogP contribution in [0.15, 0.2) is 54.6 Å². The van der Waals surface area contributed by atoms with E-state index in [4.69, 9.17) is 16.3 Å². The van der Waals surface area contributed by atoms with Crippen LogP contribution in [0.4, 0.5) is 0 Å². The number of benzene rings is 2. The maximum absolute atomic E-state index is 12.7. The zero-order valence-corrected chi connectivity index (χ0v) is 15.0. The van der Waals surface area contributed by atoms with Crippen molar-refractivity contribution < 1.29 is 24.2 Å². The van der Waals surface area contributed by atoms with E-state index in [0.717, 1.165) is 0 Å². The Labute approximate surface area is 156 Å². The van der Waals surface area contributed by atoms with Crippen LogP contribution in [0, 0.1) is 5.41 Å². The minimum atomic E-state index is -1.99. The standard InChI is InChI=1S/C20H19ClO5/c1-2-26-19(25)20(18(23)24,12-14-6-4-3-5-7-14)13-17(22)15-8-10-16(21)11-9-15/h3-11H,2,12-13H2,1H3,(H,23,24)/t20-/m0/s1. The first-order chi connectivity index (χ1) is 12.4. The fourth-order valence-corrected chi connectivity index (χ4v) is 2.80. The number of rotatable bonds is 8. The molecule has 136 valence electrons. The van der Waals surface area contributed by atoms with Gasteiger partial charge >= 0.3 is 11.9 Å². The molecular formula is C20H19ClO5. The molecular weight excluding hydrogens is 356 g/mol. The van der Waals surface area contributed by atoms with E-state index < -0.39 is 29.6 Å². The fourth-order valence-electron chi connectivity index (χ4n) is 2.67. The van der Waals surface area contributed by atoms with Crippen LogP contribution >= 0.6 is 11.6 Å². The van der Waals surface area contributed by atoms with E-state index in [1.807, 2.05) is 0 Å². The number of aliphatic carboxylic acids is 1. The lowest BCUT2D eigenvalue weighted by molar-refractivity contribution is -0.168. The van der Waals surface area contributed by atoms with Gasteiger partial charge in [0.05, 0.1) is 6.61 Å². The van der Waals surface area contributed by atoms with Crippen molar-refractivity contribution in [3.63, 3.8) is 0 Å². The van der Waals surface area contributed by atoms with E-state index in [-0.39, 0.29) is 18.6 Å². The lowest BCUT2D eigenvalue weighted by atomic mass is 9.76. The molecule has 0 aliphatic carbocycles. The topological polar surface area (TPSA) is 80.7 Å². The molecule has 6 heteroatoms. The molecule has 1 N–H and O–H groups in total. The highest BCUT2D eigenvalue weighted by atomic mass is 35.5. The van der Waals surface area contributed by atoms with E-state index in [0.29, 0.717) is 10.6 Å². The summed E-state index contributed by atoms with van der Waals surface area (Å²) >= 11 is 5.82. The quantitative estimate of drug-likeness (QED) is 0.432. The van der Waals surface area contributed by atoms with Crippen molar-refractivity contribution in [2.45, 2.75) is 19.8 Å². The summed E-state index contributed by atoms with van der Waals surface area (Å²) < 4.78 is 5.00. The van der Waals surface area contributed by atoms with Crippen LogP contribution in [-0.2, 0) is 20.7 Å². The van der Waals surface area contributed by atoms with Gasteiger partial charge in [-0.3, -0.25) is 14.4 Å². The summed E-state index contributed by atoms with van der Waals surface area (Å²) in [6.07, 6.45) is -0.640. The number of carbonyl (C=O) groups excluding carboxylic acids is 2. The van der Waals surface area contributed by atoms with Crippen molar-refractivity contribution in [3.05, 3.63) is 70.7 Å².